The van der Waals surface area contributed by atoms with E-state index in [1.54, 1.807) is 28.9 Å². The third-order valence-electron chi connectivity index (χ3n) is 5.61. The van der Waals surface area contributed by atoms with Crippen molar-refractivity contribution in [2.75, 3.05) is 11.2 Å². The molecule has 4 aromatic rings. The lowest BCUT2D eigenvalue weighted by molar-refractivity contribution is 0.0970. The number of aryl methyl sites for hydroxylation is 2. The normalized spacial score (nSPS) is 15.5. The molecule has 0 N–H and O–H groups in total. The molecule has 0 fully saturated rings. The number of fused-ring (bicyclic) bond motifs is 2. The van der Waals surface area contributed by atoms with Gasteiger partial charge in [-0.25, -0.2) is 4.98 Å². The maximum Gasteiger partial charge on any atom is 0.296 e. The largest absolute Gasteiger partial charge is 0.450 e. The molecule has 0 saturated carbocycles. The summed E-state index contributed by atoms with van der Waals surface area (Å²) < 4.78 is 6.01. The van der Waals surface area contributed by atoms with E-state index in [0.29, 0.717) is 22.4 Å². The van der Waals surface area contributed by atoms with E-state index in [0.717, 1.165) is 21.6 Å². The maximum atomic E-state index is 13.6. The molecule has 2 aromatic carbocycles. The highest BCUT2D eigenvalue weighted by atomic mass is 32.2. The summed E-state index contributed by atoms with van der Waals surface area (Å²) in [5.41, 5.74) is 3.38. The Balaban J connectivity index is 1.80. The number of nitrogens with zero attached hydrogens (tertiary/aromatic N) is 2. The van der Waals surface area contributed by atoms with Gasteiger partial charge in [0.05, 0.1) is 17.0 Å². The lowest BCUT2D eigenvalue weighted by Crippen LogP contribution is -2.30. The Hall–Kier alpha value is -3.38. The van der Waals surface area contributed by atoms with Gasteiger partial charge in [0, 0.05) is 11.1 Å². The average Bonchev–Trinajstić information content (AvgIpc) is 3.07. The van der Waals surface area contributed by atoms with E-state index in [4.69, 9.17) is 4.42 Å². The number of carbonyl (C=O) groups is 1. The first kappa shape index (κ1) is 19.6. The van der Waals surface area contributed by atoms with Gasteiger partial charge in [0.1, 0.15) is 11.4 Å². The summed E-state index contributed by atoms with van der Waals surface area (Å²) in [5.74, 6) is 0.227. The number of hydrogen-bond donors (Lipinski definition) is 0. The molecule has 3 heterocycles. The Morgan fingerprint density at radius 2 is 1.71 bits per heavy atom. The van der Waals surface area contributed by atoms with E-state index in [1.165, 1.54) is 0 Å². The van der Waals surface area contributed by atoms with Crippen molar-refractivity contribution in [2.45, 2.75) is 24.8 Å². The highest BCUT2D eigenvalue weighted by Gasteiger charge is 2.44. The Bertz CT molecular complexity index is 1390. The van der Waals surface area contributed by atoms with Crippen LogP contribution in [0.1, 0.15) is 38.9 Å². The number of thioether (sulfide) groups is 1. The molecule has 31 heavy (non-hydrogen) atoms. The van der Waals surface area contributed by atoms with E-state index >= 15 is 0 Å². The topological polar surface area (TPSA) is 63.4 Å². The fraction of sp³-hybridized carbons (Fsp3) is 0.160. The number of anilines is 1. The standard InChI is InChI=1S/C25H20N2O3S/c1-14-4-9-19-18(12-14)23(28)21-22(16-5-7-17(31-3)8-6-16)27(25(29)24(21)30-19)20-13-15(2)10-11-26-20/h4-13,22H,1-3H3/t22-/m0/s1. The minimum absolute atomic E-state index is 0.0867. The van der Waals surface area contributed by atoms with Crippen LogP contribution in [0.15, 0.2) is 74.9 Å². The molecule has 5 nitrogen and oxygen atoms in total. The SMILES string of the molecule is CSc1ccc([C@H]2c3c(oc4ccc(C)cc4c3=O)C(=O)N2c2cc(C)ccn2)cc1. The van der Waals surface area contributed by atoms with Crippen molar-refractivity contribution in [2.24, 2.45) is 0 Å². The van der Waals surface area contributed by atoms with Gasteiger partial charge in [-0.15, -0.1) is 11.8 Å². The number of hydrogen-bond acceptors (Lipinski definition) is 5. The molecule has 1 atom stereocenters. The summed E-state index contributed by atoms with van der Waals surface area (Å²) in [4.78, 5) is 34.2. The summed E-state index contributed by atoms with van der Waals surface area (Å²) in [6.07, 6.45) is 3.68. The monoisotopic (exact) mass is 428 g/mol. The second-order valence-corrected chi connectivity index (χ2v) is 8.60. The van der Waals surface area contributed by atoms with Crippen molar-refractivity contribution < 1.29 is 9.21 Å². The van der Waals surface area contributed by atoms with Crippen LogP contribution in [0.25, 0.3) is 11.0 Å². The molecule has 0 saturated heterocycles. The van der Waals surface area contributed by atoms with Crippen LogP contribution in [0.5, 0.6) is 0 Å². The Kier molecular flexibility index (Phi) is 4.67. The van der Waals surface area contributed by atoms with Crippen LogP contribution in [0.3, 0.4) is 0 Å². The third kappa shape index (κ3) is 3.15. The molecular weight excluding hydrogens is 408 g/mol. The first-order valence-corrected chi connectivity index (χ1v) is 11.2. The summed E-state index contributed by atoms with van der Waals surface area (Å²) in [7, 11) is 0. The zero-order chi connectivity index (χ0) is 21.7. The van der Waals surface area contributed by atoms with Gasteiger partial charge >= 0.3 is 0 Å². The first-order valence-electron chi connectivity index (χ1n) is 9.95. The van der Waals surface area contributed by atoms with Gasteiger partial charge in [-0.2, -0.15) is 0 Å². The number of pyridine rings is 1. The van der Waals surface area contributed by atoms with Crippen LogP contribution in [-0.4, -0.2) is 17.1 Å². The molecule has 0 unspecified atom stereocenters. The van der Waals surface area contributed by atoms with E-state index in [9.17, 15) is 9.59 Å². The Labute approximate surface area is 183 Å². The molecule has 5 rings (SSSR count). The smallest absolute Gasteiger partial charge is 0.296 e. The number of benzene rings is 2. The molecule has 1 amide bonds. The molecule has 2 aromatic heterocycles. The van der Waals surface area contributed by atoms with Gasteiger partial charge in [-0.05, 0) is 67.6 Å². The van der Waals surface area contributed by atoms with Crippen molar-refractivity contribution in [1.82, 2.24) is 4.98 Å². The number of rotatable bonds is 3. The molecular formula is C25H20N2O3S. The Morgan fingerprint density at radius 3 is 2.42 bits per heavy atom. The van der Waals surface area contributed by atoms with Gasteiger partial charge in [0.15, 0.2) is 5.43 Å². The van der Waals surface area contributed by atoms with Gasteiger partial charge in [-0.3, -0.25) is 14.5 Å². The number of amides is 1. The van der Waals surface area contributed by atoms with Crippen LogP contribution < -0.4 is 10.3 Å². The molecule has 0 radical (unpaired) electrons. The second-order valence-electron chi connectivity index (χ2n) is 7.72. The van der Waals surface area contributed by atoms with Crippen molar-refractivity contribution in [1.29, 1.82) is 0 Å². The molecule has 0 aliphatic carbocycles. The van der Waals surface area contributed by atoms with Crippen molar-refractivity contribution in [3.05, 3.63) is 99.0 Å². The molecule has 1 aliphatic rings. The zero-order valence-corrected chi connectivity index (χ0v) is 18.2. The number of carbonyl (C=O) groups excluding carboxylic acids is 1. The summed E-state index contributed by atoms with van der Waals surface area (Å²) in [6, 6.07) is 16.5. The van der Waals surface area contributed by atoms with Gasteiger partial charge in [-0.1, -0.05) is 23.8 Å². The number of aromatic nitrogens is 1. The summed E-state index contributed by atoms with van der Waals surface area (Å²) >= 11 is 1.64. The fourth-order valence-corrected chi connectivity index (χ4v) is 4.48. The molecule has 1 aliphatic heterocycles. The maximum absolute atomic E-state index is 13.6. The van der Waals surface area contributed by atoms with Gasteiger partial charge < -0.3 is 4.42 Å². The lowest BCUT2D eigenvalue weighted by Gasteiger charge is -2.24. The van der Waals surface area contributed by atoms with Crippen molar-refractivity contribution >= 4 is 34.5 Å². The summed E-state index contributed by atoms with van der Waals surface area (Å²) in [6.45, 7) is 3.88. The van der Waals surface area contributed by atoms with E-state index in [-0.39, 0.29) is 17.1 Å². The third-order valence-corrected chi connectivity index (χ3v) is 6.35. The fourth-order valence-electron chi connectivity index (χ4n) is 4.08. The van der Waals surface area contributed by atoms with Crippen LogP contribution >= 0.6 is 11.8 Å². The predicted octanol–water partition coefficient (Wildman–Crippen LogP) is 5.28. The average molecular weight is 429 g/mol. The molecule has 154 valence electrons. The summed E-state index contributed by atoms with van der Waals surface area (Å²) in [5, 5.41) is 0.483. The molecule has 0 bridgehead atoms. The van der Waals surface area contributed by atoms with Crippen molar-refractivity contribution in [3.8, 4) is 0 Å². The van der Waals surface area contributed by atoms with E-state index in [1.807, 2.05) is 68.6 Å². The highest BCUT2D eigenvalue weighted by molar-refractivity contribution is 7.98. The van der Waals surface area contributed by atoms with Crippen LogP contribution in [0.2, 0.25) is 0 Å². The Morgan fingerprint density at radius 1 is 0.968 bits per heavy atom. The van der Waals surface area contributed by atoms with Gasteiger partial charge in [0.25, 0.3) is 5.91 Å². The van der Waals surface area contributed by atoms with Crippen LogP contribution in [0.4, 0.5) is 5.82 Å². The lowest BCUT2D eigenvalue weighted by atomic mass is 9.98. The van der Waals surface area contributed by atoms with Crippen LogP contribution in [-0.2, 0) is 0 Å². The second kappa shape index (κ2) is 7.39. The van der Waals surface area contributed by atoms with E-state index in [2.05, 4.69) is 4.98 Å². The molecule has 0 spiro atoms. The van der Waals surface area contributed by atoms with E-state index < -0.39 is 6.04 Å². The quantitative estimate of drug-likeness (QED) is 0.416. The minimum Gasteiger partial charge on any atom is -0.450 e. The minimum atomic E-state index is -0.603. The molecule has 6 heteroatoms. The predicted molar refractivity (Wildman–Crippen MR) is 123 cm³/mol. The highest BCUT2D eigenvalue weighted by Crippen LogP contribution is 2.41. The zero-order valence-electron chi connectivity index (χ0n) is 17.4. The van der Waals surface area contributed by atoms with Crippen molar-refractivity contribution in [3.63, 3.8) is 0 Å². The van der Waals surface area contributed by atoms with Crippen LogP contribution in [0, 0.1) is 13.8 Å². The first-order chi connectivity index (χ1) is 15.0. The van der Waals surface area contributed by atoms with Gasteiger partial charge in [0.2, 0.25) is 5.76 Å².